The molecule has 0 aromatic heterocycles. The van der Waals surface area contributed by atoms with Gasteiger partial charge in [0.1, 0.15) is 11.6 Å². The molecule has 0 spiro atoms. The van der Waals surface area contributed by atoms with Gasteiger partial charge in [-0.1, -0.05) is 42.5 Å². The van der Waals surface area contributed by atoms with Gasteiger partial charge >= 0.3 is 5.97 Å². The smallest absolute Gasteiger partial charge is 0.348 e. The molecular formula is C20H18N2O3. The van der Waals surface area contributed by atoms with Crippen LogP contribution in [0.25, 0.3) is 6.08 Å². The van der Waals surface area contributed by atoms with Crippen molar-refractivity contribution in [2.75, 3.05) is 12.4 Å². The third kappa shape index (κ3) is 4.79. The van der Waals surface area contributed by atoms with E-state index in [2.05, 4.69) is 10.1 Å². The lowest BCUT2D eigenvalue weighted by Crippen LogP contribution is -2.18. The minimum atomic E-state index is -0.684. The number of carbonyl (C=O) groups is 2. The Kier molecular flexibility index (Phi) is 6.08. The van der Waals surface area contributed by atoms with Gasteiger partial charge in [-0.15, -0.1) is 0 Å². The second-order valence-corrected chi connectivity index (χ2v) is 5.41. The Labute approximate surface area is 146 Å². The number of benzene rings is 2. The summed E-state index contributed by atoms with van der Waals surface area (Å²) in [5.74, 6) is -1.07. The van der Waals surface area contributed by atoms with Gasteiger partial charge in [-0.2, -0.15) is 5.26 Å². The predicted octanol–water partition coefficient (Wildman–Crippen LogP) is 3.51. The maximum Gasteiger partial charge on any atom is 0.348 e. The lowest BCUT2D eigenvalue weighted by Gasteiger charge is -2.12. The summed E-state index contributed by atoms with van der Waals surface area (Å²) in [6.07, 6.45) is 1.43. The molecule has 0 radical (unpaired) electrons. The zero-order chi connectivity index (χ0) is 18.2. The predicted molar refractivity (Wildman–Crippen MR) is 95.5 cm³/mol. The molecule has 0 aliphatic heterocycles. The van der Waals surface area contributed by atoms with Gasteiger partial charge in [-0.05, 0) is 36.3 Å². The first-order valence-electron chi connectivity index (χ1n) is 7.71. The Balaban J connectivity index is 2.08. The van der Waals surface area contributed by atoms with Crippen LogP contribution in [-0.4, -0.2) is 19.0 Å². The standard InChI is InChI=1S/C20H18N2O3/c1-14(16-6-4-3-5-7-16)19(23)22-18-10-8-15(9-11-18)12-17(13-21)20(24)25-2/h3-12,14H,1-2H3,(H,22,23)/t14-/m1/s1. The topological polar surface area (TPSA) is 79.2 Å². The summed E-state index contributed by atoms with van der Waals surface area (Å²) in [5.41, 5.74) is 2.16. The average molecular weight is 334 g/mol. The average Bonchev–Trinajstić information content (AvgIpc) is 2.66. The molecule has 0 saturated carbocycles. The normalized spacial score (nSPS) is 12.0. The number of anilines is 1. The molecule has 0 heterocycles. The van der Waals surface area contributed by atoms with Crippen molar-refractivity contribution in [2.45, 2.75) is 12.8 Å². The van der Waals surface area contributed by atoms with Crippen LogP contribution in [0.2, 0.25) is 0 Å². The fraction of sp³-hybridized carbons (Fsp3) is 0.150. The number of amides is 1. The molecule has 0 fully saturated rings. The Morgan fingerprint density at radius 1 is 1.12 bits per heavy atom. The lowest BCUT2D eigenvalue weighted by atomic mass is 10.0. The Hall–Kier alpha value is -3.39. The van der Waals surface area contributed by atoms with Crippen LogP contribution >= 0.6 is 0 Å². The van der Waals surface area contributed by atoms with Crippen LogP contribution < -0.4 is 5.32 Å². The summed E-state index contributed by atoms with van der Waals surface area (Å²) >= 11 is 0. The van der Waals surface area contributed by atoms with E-state index in [1.807, 2.05) is 37.3 Å². The maximum absolute atomic E-state index is 12.3. The molecular weight excluding hydrogens is 316 g/mol. The fourth-order valence-corrected chi connectivity index (χ4v) is 2.22. The molecule has 0 bridgehead atoms. The molecule has 1 N–H and O–H groups in total. The molecule has 0 aliphatic carbocycles. The number of esters is 1. The highest BCUT2D eigenvalue weighted by Gasteiger charge is 2.15. The lowest BCUT2D eigenvalue weighted by molar-refractivity contribution is -0.135. The van der Waals surface area contributed by atoms with E-state index in [4.69, 9.17) is 5.26 Å². The van der Waals surface area contributed by atoms with Crippen LogP contribution in [0.3, 0.4) is 0 Å². The number of ether oxygens (including phenoxy) is 1. The molecule has 1 amide bonds. The van der Waals surface area contributed by atoms with Gasteiger partial charge in [0.15, 0.2) is 0 Å². The van der Waals surface area contributed by atoms with Gasteiger partial charge in [-0.25, -0.2) is 4.79 Å². The SMILES string of the molecule is COC(=O)C(C#N)=Cc1ccc(NC(=O)[C@H](C)c2ccccc2)cc1. The summed E-state index contributed by atoms with van der Waals surface area (Å²) in [4.78, 5) is 23.7. The van der Waals surface area contributed by atoms with Gasteiger partial charge in [0.25, 0.3) is 0 Å². The minimum absolute atomic E-state index is 0.0861. The van der Waals surface area contributed by atoms with Crippen molar-refractivity contribution in [3.05, 3.63) is 71.3 Å². The number of carbonyl (C=O) groups excluding carboxylic acids is 2. The van der Waals surface area contributed by atoms with Crippen LogP contribution in [0.4, 0.5) is 5.69 Å². The van der Waals surface area contributed by atoms with E-state index in [1.165, 1.54) is 13.2 Å². The molecule has 0 aliphatic rings. The molecule has 0 saturated heterocycles. The Bertz CT molecular complexity index is 818. The summed E-state index contributed by atoms with van der Waals surface area (Å²) in [5, 5.41) is 11.8. The quantitative estimate of drug-likeness (QED) is 0.515. The van der Waals surface area contributed by atoms with Crippen molar-refractivity contribution in [1.82, 2.24) is 0 Å². The largest absolute Gasteiger partial charge is 0.465 e. The van der Waals surface area contributed by atoms with Crippen molar-refractivity contribution in [2.24, 2.45) is 0 Å². The van der Waals surface area contributed by atoms with E-state index in [0.717, 1.165) is 5.56 Å². The van der Waals surface area contributed by atoms with Crippen molar-refractivity contribution in [3.63, 3.8) is 0 Å². The van der Waals surface area contributed by atoms with Crippen LogP contribution in [-0.2, 0) is 14.3 Å². The number of nitriles is 1. The van der Waals surface area contributed by atoms with Crippen LogP contribution in [0.15, 0.2) is 60.2 Å². The first-order valence-corrected chi connectivity index (χ1v) is 7.71. The van der Waals surface area contributed by atoms with Gasteiger partial charge in [0.2, 0.25) is 5.91 Å². The van der Waals surface area contributed by atoms with Gasteiger partial charge in [-0.3, -0.25) is 4.79 Å². The van der Waals surface area contributed by atoms with E-state index in [-0.39, 0.29) is 17.4 Å². The molecule has 5 heteroatoms. The minimum Gasteiger partial charge on any atom is -0.465 e. The number of hydrogen-bond donors (Lipinski definition) is 1. The third-order valence-electron chi connectivity index (χ3n) is 3.71. The zero-order valence-corrected chi connectivity index (χ0v) is 14.0. The highest BCUT2D eigenvalue weighted by molar-refractivity contribution is 5.98. The summed E-state index contributed by atoms with van der Waals surface area (Å²) in [7, 11) is 1.22. The molecule has 126 valence electrons. The number of nitrogens with zero attached hydrogens (tertiary/aromatic N) is 1. The van der Waals surface area contributed by atoms with Crippen LogP contribution in [0, 0.1) is 11.3 Å². The number of methoxy groups -OCH3 is 1. The third-order valence-corrected chi connectivity index (χ3v) is 3.71. The van der Waals surface area contributed by atoms with Gasteiger partial charge in [0.05, 0.1) is 13.0 Å². The van der Waals surface area contributed by atoms with Gasteiger partial charge in [0, 0.05) is 5.69 Å². The maximum atomic E-state index is 12.3. The fourth-order valence-electron chi connectivity index (χ4n) is 2.22. The second-order valence-electron chi connectivity index (χ2n) is 5.41. The molecule has 0 unspecified atom stereocenters. The van der Waals surface area contributed by atoms with Crippen molar-refractivity contribution in [3.8, 4) is 6.07 Å². The molecule has 5 nitrogen and oxygen atoms in total. The van der Waals surface area contributed by atoms with Crippen molar-refractivity contribution < 1.29 is 14.3 Å². The first kappa shape index (κ1) is 18.0. The summed E-state index contributed by atoms with van der Waals surface area (Å²) in [6.45, 7) is 1.84. The molecule has 2 aromatic rings. The van der Waals surface area contributed by atoms with Crippen molar-refractivity contribution in [1.29, 1.82) is 5.26 Å². The number of hydrogen-bond acceptors (Lipinski definition) is 4. The van der Waals surface area contributed by atoms with Crippen molar-refractivity contribution >= 4 is 23.6 Å². The molecule has 25 heavy (non-hydrogen) atoms. The number of rotatable bonds is 5. The molecule has 2 rings (SSSR count). The van der Waals surface area contributed by atoms with E-state index < -0.39 is 5.97 Å². The van der Waals surface area contributed by atoms with Crippen LogP contribution in [0.5, 0.6) is 0 Å². The monoisotopic (exact) mass is 334 g/mol. The second kappa shape index (κ2) is 8.46. The molecule has 1 atom stereocenters. The van der Waals surface area contributed by atoms with E-state index in [9.17, 15) is 9.59 Å². The van der Waals surface area contributed by atoms with Crippen LogP contribution in [0.1, 0.15) is 24.0 Å². The number of nitrogens with one attached hydrogen (secondary N) is 1. The summed E-state index contributed by atoms with van der Waals surface area (Å²) in [6, 6.07) is 18.2. The highest BCUT2D eigenvalue weighted by atomic mass is 16.5. The van der Waals surface area contributed by atoms with Gasteiger partial charge < -0.3 is 10.1 Å². The highest BCUT2D eigenvalue weighted by Crippen LogP contribution is 2.18. The van der Waals surface area contributed by atoms with E-state index >= 15 is 0 Å². The Morgan fingerprint density at radius 2 is 1.76 bits per heavy atom. The summed E-state index contributed by atoms with van der Waals surface area (Å²) < 4.78 is 4.53. The van der Waals surface area contributed by atoms with E-state index in [1.54, 1.807) is 30.3 Å². The Morgan fingerprint density at radius 3 is 2.32 bits per heavy atom. The van der Waals surface area contributed by atoms with E-state index in [0.29, 0.717) is 11.3 Å². The first-order chi connectivity index (χ1) is 12.0. The molecule has 2 aromatic carbocycles. The zero-order valence-electron chi connectivity index (χ0n) is 14.0.